The minimum Gasteiger partial charge on any atom is -0.354 e. The summed E-state index contributed by atoms with van der Waals surface area (Å²) >= 11 is 0. The molecule has 172 valence electrons. The zero-order valence-corrected chi connectivity index (χ0v) is 19.3. The first kappa shape index (κ1) is 22.0. The summed E-state index contributed by atoms with van der Waals surface area (Å²) in [6.07, 6.45) is 3.75. The summed E-state index contributed by atoms with van der Waals surface area (Å²) in [6, 6.07) is 17.3. The topological polar surface area (TPSA) is 73.9 Å². The normalized spacial score (nSPS) is 14.6. The third-order valence-corrected chi connectivity index (χ3v) is 6.70. The SMILES string of the molecule is CN(Cc1ccc(F)c(C#N)c1)C1CCN(c2nnc(-c3ccnn3C)c3ccccc23)CC1. The molecule has 0 atom stereocenters. The number of rotatable bonds is 5. The summed E-state index contributed by atoms with van der Waals surface area (Å²) in [5.74, 6) is 0.449. The van der Waals surface area contributed by atoms with Gasteiger partial charge in [0, 0.05) is 49.7 Å². The van der Waals surface area contributed by atoms with Crippen LogP contribution in [0.3, 0.4) is 0 Å². The molecule has 0 aliphatic carbocycles. The third kappa shape index (κ3) is 4.11. The molecule has 1 aliphatic heterocycles. The molecular formula is C26H26FN7. The van der Waals surface area contributed by atoms with Crippen molar-refractivity contribution in [3.8, 4) is 17.5 Å². The van der Waals surface area contributed by atoms with E-state index in [0.29, 0.717) is 12.6 Å². The number of hydrogen-bond acceptors (Lipinski definition) is 6. The van der Waals surface area contributed by atoms with Crippen LogP contribution in [0.15, 0.2) is 54.7 Å². The number of benzene rings is 2. The van der Waals surface area contributed by atoms with Gasteiger partial charge in [-0.25, -0.2) is 4.39 Å². The Labute approximate surface area is 198 Å². The highest BCUT2D eigenvalue weighted by atomic mass is 19.1. The van der Waals surface area contributed by atoms with E-state index in [9.17, 15) is 4.39 Å². The monoisotopic (exact) mass is 455 g/mol. The fourth-order valence-corrected chi connectivity index (χ4v) is 4.81. The van der Waals surface area contributed by atoms with Crippen molar-refractivity contribution in [3.05, 3.63) is 71.7 Å². The van der Waals surface area contributed by atoms with Gasteiger partial charge in [-0.05, 0) is 43.7 Å². The third-order valence-electron chi connectivity index (χ3n) is 6.70. The van der Waals surface area contributed by atoms with Crippen LogP contribution in [0.25, 0.3) is 22.2 Å². The number of fused-ring (bicyclic) bond motifs is 1. The van der Waals surface area contributed by atoms with Gasteiger partial charge in [-0.3, -0.25) is 9.58 Å². The molecule has 0 radical (unpaired) electrons. The smallest absolute Gasteiger partial charge is 0.159 e. The maximum Gasteiger partial charge on any atom is 0.159 e. The van der Waals surface area contributed by atoms with E-state index in [-0.39, 0.29) is 5.56 Å². The highest BCUT2D eigenvalue weighted by Gasteiger charge is 2.25. The van der Waals surface area contributed by atoms with Crippen LogP contribution in [0.5, 0.6) is 0 Å². The summed E-state index contributed by atoms with van der Waals surface area (Å²) in [4.78, 5) is 4.61. The first-order valence-corrected chi connectivity index (χ1v) is 11.4. The molecule has 0 amide bonds. The van der Waals surface area contributed by atoms with Crippen molar-refractivity contribution in [2.24, 2.45) is 7.05 Å². The Balaban J connectivity index is 1.32. The summed E-state index contributed by atoms with van der Waals surface area (Å²) < 4.78 is 15.5. The summed E-state index contributed by atoms with van der Waals surface area (Å²) in [6.45, 7) is 2.44. The fourth-order valence-electron chi connectivity index (χ4n) is 4.81. The Morgan fingerprint density at radius 2 is 1.85 bits per heavy atom. The molecule has 7 nitrogen and oxygen atoms in total. The minimum atomic E-state index is -0.468. The Morgan fingerprint density at radius 1 is 1.09 bits per heavy atom. The fraction of sp³-hybridized carbons (Fsp3) is 0.308. The number of anilines is 1. The van der Waals surface area contributed by atoms with Crippen molar-refractivity contribution >= 4 is 16.6 Å². The second kappa shape index (κ2) is 9.20. The molecule has 2 aromatic carbocycles. The van der Waals surface area contributed by atoms with Crippen molar-refractivity contribution in [3.63, 3.8) is 0 Å². The van der Waals surface area contributed by atoms with Crippen molar-refractivity contribution in [1.82, 2.24) is 24.9 Å². The number of piperidine rings is 1. The van der Waals surface area contributed by atoms with E-state index in [0.717, 1.165) is 59.5 Å². The number of nitriles is 1. The number of aromatic nitrogens is 4. The highest BCUT2D eigenvalue weighted by Crippen LogP contribution is 2.32. The van der Waals surface area contributed by atoms with Gasteiger partial charge in [-0.15, -0.1) is 10.2 Å². The lowest BCUT2D eigenvalue weighted by Crippen LogP contribution is -2.43. The average Bonchev–Trinajstić information content (AvgIpc) is 3.30. The van der Waals surface area contributed by atoms with E-state index in [4.69, 9.17) is 5.26 Å². The van der Waals surface area contributed by atoms with Gasteiger partial charge in [0.25, 0.3) is 0 Å². The van der Waals surface area contributed by atoms with Gasteiger partial charge in [-0.2, -0.15) is 10.4 Å². The lowest BCUT2D eigenvalue weighted by Gasteiger charge is -2.37. The molecule has 0 spiro atoms. The second-order valence-electron chi connectivity index (χ2n) is 8.82. The second-order valence-corrected chi connectivity index (χ2v) is 8.82. The van der Waals surface area contributed by atoms with Crippen LogP contribution in [0.4, 0.5) is 10.2 Å². The van der Waals surface area contributed by atoms with E-state index < -0.39 is 5.82 Å². The minimum absolute atomic E-state index is 0.0979. The van der Waals surface area contributed by atoms with Crippen LogP contribution in [-0.4, -0.2) is 51.1 Å². The predicted molar refractivity (Wildman–Crippen MR) is 130 cm³/mol. The summed E-state index contributed by atoms with van der Waals surface area (Å²) in [7, 11) is 4.00. The highest BCUT2D eigenvalue weighted by molar-refractivity contribution is 5.99. The molecule has 2 aromatic heterocycles. The lowest BCUT2D eigenvalue weighted by molar-refractivity contribution is 0.200. The molecule has 5 rings (SSSR count). The average molecular weight is 456 g/mol. The Kier molecular flexibility index (Phi) is 5.95. The van der Waals surface area contributed by atoms with E-state index in [2.05, 4.69) is 44.3 Å². The van der Waals surface area contributed by atoms with Crippen molar-refractivity contribution in [2.75, 3.05) is 25.0 Å². The van der Waals surface area contributed by atoms with Gasteiger partial charge >= 0.3 is 0 Å². The van der Waals surface area contributed by atoms with E-state index in [1.165, 1.54) is 6.07 Å². The quantitative estimate of drug-likeness (QED) is 0.450. The van der Waals surface area contributed by atoms with Gasteiger partial charge < -0.3 is 4.90 Å². The van der Waals surface area contributed by atoms with Gasteiger partial charge in [0.15, 0.2) is 5.82 Å². The molecule has 1 fully saturated rings. The van der Waals surface area contributed by atoms with Gasteiger partial charge in [0.05, 0.1) is 11.3 Å². The maximum atomic E-state index is 13.6. The predicted octanol–water partition coefficient (Wildman–Crippen LogP) is 4.14. The molecule has 0 unspecified atom stereocenters. The van der Waals surface area contributed by atoms with Gasteiger partial charge in [0.2, 0.25) is 0 Å². The van der Waals surface area contributed by atoms with Crippen LogP contribution in [0.1, 0.15) is 24.0 Å². The van der Waals surface area contributed by atoms with Crippen LogP contribution in [0.2, 0.25) is 0 Å². The molecule has 0 N–H and O–H groups in total. The van der Waals surface area contributed by atoms with Crippen molar-refractivity contribution in [2.45, 2.75) is 25.4 Å². The van der Waals surface area contributed by atoms with Crippen LogP contribution < -0.4 is 4.90 Å². The van der Waals surface area contributed by atoms with Crippen molar-refractivity contribution < 1.29 is 4.39 Å². The molecule has 4 aromatic rings. The Morgan fingerprint density at radius 3 is 2.56 bits per heavy atom. The standard InChI is InChI=1S/C26H26FN7/c1-32(17-18-7-8-23(27)19(15-18)16-28)20-10-13-34(14-11-20)26-22-6-4-3-5-21(22)25(30-31-26)24-9-12-29-33(24)2/h3-9,12,15,20H,10-11,13-14,17H2,1-2H3. The van der Waals surface area contributed by atoms with Crippen LogP contribution >= 0.6 is 0 Å². The van der Waals surface area contributed by atoms with E-state index in [1.807, 2.05) is 36.0 Å². The molecular weight excluding hydrogens is 429 g/mol. The summed E-state index contributed by atoms with van der Waals surface area (Å²) in [5.41, 5.74) is 2.83. The zero-order chi connectivity index (χ0) is 23.7. The zero-order valence-electron chi connectivity index (χ0n) is 19.3. The molecule has 1 saturated heterocycles. The number of nitrogens with zero attached hydrogens (tertiary/aromatic N) is 7. The number of aryl methyl sites for hydroxylation is 1. The molecule has 8 heteroatoms. The van der Waals surface area contributed by atoms with E-state index >= 15 is 0 Å². The molecule has 1 aliphatic rings. The van der Waals surface area contributed by atoms with Crippen LogP contribution in [-0.2, 0) is 13.6 Å². The van der Waals surface area contributed by atoms with Crippen LogP contribution in [0, 0.1) is 17.1 Å². The van der Waals surface area contributed by atoms with Crippen molar-refractivity contribution in [1.29, 1.82) is 5.26 Å². The Hall–Kier alpha value is -3.83. The first-order chi connectivity index (χ1) is 16.5. The molecule has 0 bridgehead atoms. The van der Waals surface area contributed by atoms with E-state index in [1.54, 1.807) is 18.3 Å². The number of hydrogen-bond donors (Lipinski definition) is 0. The van der Waals surface area contributed by atoms with Gasteiger partial charge in [-0.1, -0.05) is 30.3 Å². The number of halogens is 1. The molecule has 3 heterocycles. The molecule has 34 heavy (non-hydrogen) atoms. The van der Waals surface area contributed by atoms with Gasteiger partial charge in [0.1, 0.15) is 17.6 Å². The lowest BCUT2D eigenvalue weighted by atomic mass is 10.0. The summed E-state index contributed by atoms with van der Waals surface area (Å²) in [5, 5.41) is 24.8. The maximum absolute atomic E-state index is 13.6. The Bertz CT molecular complexity index is 1370. The first-order valence-electron chi connectivity index (χ1n) is 11.4. The molecule has 0 saturated carbocycles. The largest absolute Gasteiger partial charge is 0.354 e.